The molecule has 0 spiro atoms. The first kappa shape index (κ1) is 18.5. The zero-order valence-electron chi connectivity index (χ0n) is 13.3. The van der Waals surface area contributed by atoms with Crippen LogP contribution in [0, 0.1) is 0 Å². The normalized spacial score (nSPS) is 12.5. The second-order valence-corrected chi connectivity index (χ2v) is 5.90. The number of amidine groups is 1. The van der Waals surface area contributed by atoms with Crippen LogP contribution in [-0.2, 0) is 14.4 Å². The molecule has 1 atom stereocenters. The molecular formula is C15H16BrN5O4. The number of halogens is 1. The van der Waals surface area contributed by atoms with E-state index in [1.54, 1.807) is 43.6 Å². The Hall–Kier alpha value is -2.88. The minimum Gasteiger partial charge on any atom is -0.484 e. The van der Waals surface area contributed by atoms with E-state index in [2.05, 4.69) is 26.2 Å². The van der Waals surface area contributed by atoms with Crippen LogP contribution < -0.4 is 16.2 Å². The number of primary amides is 1. The van der Waals surface area contributed by atoms with E-state index in [9.17, 15) is 9.59 Å². The molecule has 4 N–H and O–H groups in total. The third-order valence-corrected chi connectivity index (χ3v) is 3.48. The van der Waals surface area contributed by atoms with Crippen molar-refractivity contribution in [3.05, 3.63) is 46.7 Å². The number of oxime groups is 1. The van der Waals surface area contributed by atoms with Gasteiger partial charge in [0.25, 0.3) is 5.91 Å². The van der Waals surface area contributed by atoms with E-state index in [0.29, 0.717) is 11.3 Å². The zero-order valence-corrected chi connectivity index (χ0v) is 14.8. The fraction of sp³-hybridized carbons (Fsp3) is 0.200. The molecule has 0 bridgehead atoms. The van der Waals surface area contributed by atoms with Crippen LogP contribution in [0.3, 0.4) is 0 Å². The van der Waals surface area contributed by atoms with E-state index in [1.807, 2.05) is 0 Å². The van der Waals surface area contributed by atoms with E-state index < -0.39 is 17.9 Å². The van der Waals surface area contributed by atoms with Crippen LogP contribution in [0.15, 0.2) is 46.3 Å². The Kier molecular flexibility index (Phi) is 6.12. The molecular weight excluding hydrogens is 394 g/mol. The molecule has 1 aromatic carbocycles. The number of hydrogen-bond acceptors (Lipinski definition) is 6. The number of nitrogens with two attached hydrogens (primary N) is 2. The Labute approximate surface area is 151 Å². The molecule has 2 rings (SSSR count). The predicted molar refractivity (Wildman–Crippen MR) is 92.6 cm³/mol. The number of carbonyl (C=O) groups excluding carboxylic acids is 2. The van der Waals surface area contributed by atoms with Gasteiger partial charge in [-0.15, -0.1) is 0 Å². The van der Waals surface area contributed by atoms with Crippen LogP contribution in [0.4, 0.5) is 0 Å². The smallest absolute Gasteiger partial charge is 0.359 e. The van der Waals surface area contributed by atoms with Gasteiger partial charge in [-0.05, 0) is 47.1 Å². The summed E-state index contributed by atoms with van der Waals surface area (Å²) >= 11 is 3.25. The zero-order chi connectivity index (χ0) is 18.4. The number of rotatable bonds is 7. The average molecular weight is 410 g/mol. The van der Waals surface area contributed by atoms with Gasteiger partial charge < -0.3 is 21.0 Å². The summed E-state index contributed by atoms with van der Waals surface area (Å²) in [4.78, 5) is 27.5. The van der Waals surface area contributed by atoms with Gasteiger partial charge in [-0.25, -0.2) is 4.79 Å². The monoisotopic (exact) mass is 409 g/mol. The summed E-state index contributed by atoms with van der Waals surface area (Å²) in [7, 11) is 0. The largest absolute Gasteiger partial charge is 0.484 e. The molecule has 1 unspecified atom stereocenters. The molecule has 25 heavy (non-hydrogen) atoms. The fourth-order valence-corrected chi connectivity index (χ4v) is 2.04. The van der Waals surface area contributed by atoms with E-state index in [-0.39, 0.29) is 12.4 Å². The Morgan fingerprint density at radius 3 is 2.56 bits per heavy atom. The molecule has 0 saturated carbocycles. The van der Waals surface area contributed by atoms with E-state index in [1.165, 1.54) is 4.68 Å². The molecule has 1 heterocycles. The number of carbonyl (C=O) groups is 2. The number of amides is 1. The molecule has 10 heteroatoms. The molecule has 0 saturated heterocycles. The first-order valence-corrected chi connectivity index (χ1v) is 7.91. The lowest BCUT2D eigenvalue weighted by Crippen LogP contribution is -2.21. The standard InChI is InChI=1S/C15H16BrN5O4/c1-9(21-7-11(16)6-19-21)15(23)25-20-14(18)10-2-4-12(5-3-10)24-8-13(17)22/h2-7,9H,8H2,1H3,(H2,17,22)(H2,18,20). The molecule has 0 fully saturated rings. The van der Waals surface area contributed by atoms with Gasteiger partial charge in [0.1, 0.15) is 11.8 Å². The predicted octanol–water partition coefficient (Wildman–Crippen LogP) is 0.934. The van der Waals surface area contributed by atoms with Crippen molar-refractivity contribution < 1.29 is 19.2 Å². The van der Waals surface area contributed by atoms with Crippen LogP contribution in [0.5, 0.6) is 5.75 Å². The van der Waals surface area contributed by atoms with Crippen LogP contribution in [-0.4, -0.2) is 34.1 Å². The summed E-state index contributed by atoms with van der Waals surface area (Å²) in [6.07, 6.45) is 3.20. The topological polar surface area (TPSA) is 135 Å². The van der Waals surface area contributed by atoms with Gasteiger partial charge in [0, 0.05) is 11.8 Å². The molecule has 2 aromatic rings. The second kappa shape index (κ2) is 8.29. The number of ether oxygens (including phenoxy) is 1. The summed E-state index contributed by atoms with van der Waals surface area (Å²) in [5.41, 5.74) is 11.3. The lowest BCUT2D eigenvalue weighted by molar-refractivity contribution is -0.147. The second-order valence-electron chi connectivity index (χ2n) is 4.98. The molecule has 1 aromatic heterocycles. The SMILES string of the molecule is CC(C(=O)O/N=C(\N)c1ccc(OCC(N)=O)cc1)n1cc(Br)cn1. The van der Waals surface area contributed by atoms with Crippen LogP contribution in [0.2, 0.25) is 0 Å². The van der Waals surface area contributed by atoms with E-state index in [4.69, 9.17) is 21.0 Å². The first-order chi connectivity index (χ1) is 11.9. The average Bonchev–Trinajstić information content (AvgIpc) is 3.03. The maximum absolute atomic E-state index is 12.0. The van der Waals surface area contributed by atoms with Crippen molar-refractivity contribution >= 4 is 33.6 Å². The lowest BCUT2D eigenvalue weighted by Gasteiger charge is -2.09. The van der Waals surface area contributed by atoms with Gasteiger partial charge in [-0.1, -0.05) is 5.16 Å². The van der Waals surface area contributed by atoms with Crippen molar-refractivity contribution in [1.29, 1.82) is 0 Å². The minimum atomic E-state index is -0.660. The number of nitrogens with zero attached hydrogens (tertiary/aromatic N) is 3. The number of benzene rings is 1. The molecule has 0 radical (unpaired) electrons. The highest BCUT2D eigenvalue weighted by Gasteiger charge is 2.18. The van der Waals surface area contributed by atoms with Gasteiger partial charge in [-0.2, -0.15) is 5.10 Å². The molecule has 1 amide bonds. The van der Waals surface area contributed by atoms with Gasteiger partial charge in [-0.3, -0.25) is 9.48 Å². The van der Waals surface area contributed by atoms with Crippen molar-refractivity contribution in [3.8, 4) is 5.75 Å². The van der Waals surface area contributed by atoms with E-state index >= 15 is 0 Å². The lowest BCUT2D eigenvalue weighted by atomic mass is 10.2. The summed E-state index contributed by atoms with van der Waals surface area (Å²) in [5, 5.41) is 7.63. The third kappa shape index (κ3) is 5.31. The summed E-state index contributed by atoms with van der Waals surface area (Å²) < 4.78 is 7.31. The van der Waals surface area contributed by atoms with Crippen molar-refractivity contribution in [2.75, 3.05) is 6.61 Å². The van der Waals surface area contributed by atoms with Crippen molar-refractivity contribution in [2.45, 2.75) is 13.0 Å². The first-order valence-electron chi connectivity index (χ1n) is 7.12. The Morgan fingerprint density at radius 2 is 2.00 bits per heavy atom. The van der Waals surface area contributed by atoms with Crippen LogP contribution in [0.1, 0.15) is 18.5 Å². The number of aromatic nitrogens is 2. The highest BCUT2D eigenvalue weighted by Crippen LogP contribution is 2.14. The Balaban J connectivity index is 1.96. The fourth-order valence-electron chi connectivity index (χ4n) is 1.73. The molecule has 9 nitrogen and oxygen atoms in total. The van der Waals surface area contributed by atoms with Gasteiger partial charge >= 0.3 is 5.97 Å². The minimum absolute atomic E-state index is 0.0173. The maximum atomic E-state index is 12.0. The van der Waals surface area contributed by atoms with Crippen molar-refractivity contribution in [1.82, 2.24) is 9.78 Å². The van der Waals surface area contributed by atoms with E-state index in [0.717, 1.165) is 4.47 Å². The Morgan fingerprint density at radius 1 is 1.32 bits per heavy atom. The summed E-state index contributed by atoms with van der Waals surface area (Å²) in [6.45, 7) is 1.40. The van der Waals surface area contributed by atoms with Gasteiger partial charge in [0.15, 0.2) is 12.4 Å². The molecule has 132 valence electrons. The highest BCUT2D eigenvalue weighted by molar-refractivity contribution is 9.10. The third-order valence-electron chi connectivity index (χ3n) is 3.07. The van der Waals surface area contributed by atoms with Gasteiger partial charge in [0.05, 0.1) is 10.7 Å². The molecule has 0 aliphatic heterocycles. The maximum Gasteiger partial charge on any atom is 0.359 e. The van der Waals surface area contributed by atoms with Crippen molar-refractivity contribution in [3.63, 3.8) is 0 Å². The molecule has 0 aliphatic carbocycles. The number of hydrogen-bond donors (Lipinski definition) is 2. The summed E-state index contributed by atoms with van der Waals surface area (Å²) in [6, 6.07) is 5.74. The van der Waals surface area contributed by atoms with Crippen LogP contribution in [0.25, 0.3) is 0 Å². The molecule has 0 aliphatic rings. The Bertz CT molecular complexity index is 787. The highest BCUT2D eigenvalue weighted by atomic mass is 79.9. The van der Waals surface area contributed by atoms with Gasteiger partial charge in [0.2, 0.25) is 0 Å². The summed E-state index contributed by atoms with van der Waals surface area (Å²) in [5.74, 6) is -0.718. The van der Waals surface area contributed by atoms with Crippen LogP contribution >= 0.6 is 15.9 Å². The quantitative estimate of drug-likeness (QED) is 0.302. The van der Waals surface area contributed by atoms with Crippen molar-refractivity contribution in [2.24, 2.45) is 16.6 Å².